The lowest BCUT2D eigenvalue weighted by molar-refractivity contribution is 1.13. The summed E-state index contributed by atoms with van der Waals surface area (Å²) in [6.07, 6.45) is 3.99. The Balaban J connectivity index is 2.85. The Bertz CT molecular complexity index is 290. The lowest BCUT2D eigenvalue weighted by Gasteiger charge is -2.12. The molecule has 2 N–H and O–H groups in total. The summed E-state index contributed by atoms with van der Waals surface area (Å²) in [5, 5.41) is 0. The van der Waals surface area contributed by atoms with E-state index in [9.17, 15) is 0 Å². The first-order valence-corrected chi connectivity index (χ1v) is 4.38. The fourth-order valence-corrected chi connectivity index (χ4v) is 1.11. The maximum Gasteiger partial charge on any atom is 0.0367 e. The second-order valence-electron chi connectivity index (χ2n) is 3.13. The molecule has 0 spiro atoms. The predicted molar refractivity (Wildman–Crippen MR) is 58.9 cm³/mol. The summed E-state index contributed by atoms with van der Waals surface area (Å²) in [5.41, 5.74) is 7.78. The molecule has 0 aliphatic rings. The van der Waals surface area contributed by atoms with Gasteiger partial charge in [0, 0.05) is 26.3 Å². The van der Waals surface area contributed by atoms with Gasteiger partial charge in [-0.25, -0.2) is 0 Å². The molecule has 0 aliphatic heterocycles. The SMILES string of the molecule is CN(C)c1cccc(C=CCN)c1. The normalized spacial score (nSPS) is 10.7. The van der Waals surface area contributed by atoms with Gasteiger partial charge in [-0.2, -0.15) is 0 Å². The van der Waals surface area contributed by atoms with Crippen LogP contribution in [0.1, 0.15) is 5.56 Å². The largest absolute Gasteiger partial charge is 0.378 e. The van der Waals surface area contributed by atoms with Crippen molar-refractivity contribution in [1.82, 2.24) is 0 Å². The van der Waals surface area contributed by atoms with E-state index < -0.39 is 0 Å². The van der Waals surface area contributed by atoms with Gasteiger partial charge in [0.1, 0.15) is 0 Å². The highest BCUT2D eigenvalue weighted by Gasteiger charge is 1.93. The molecule has 1 aromatic carbocycles. The van der Waals surface area contributed by atoms with Crippen LogP contribution in [-0.4, -0.2) is 20.6 Å². The highest BCUT2D eigenvalue weighted by Crippen LogP contribution is 2.13. The third-order valence-electron chi connectivity index (χ3n) is 1.83. The summed E-state index contributed by atoms with van der Waals surface area (Å²) in [5.74, 6) is 0. The van der Waals surface area contributed by atoms with Crippen molar-refractivity contribution in [2.75, 3.05) is 25.5 Å². The Morgan fingerprint density at radius 3 is 2.77 bits per heavy atom. The number of anilines is 1. The van der Waals surface area contributed by atoms with Gasteiger partial charge in [0.25, 0.3) is 0 Å². The minimum atomic E-state index is 0.589. The second kappa shape index (κ2) is 4.67. The van der Waals surface area contributed by atoms with E-state index in [0.29, 0.717) is 6.54 Å². The van der Waals surface area contributed by atoms with Gasteiger partial charge in [0.05, 0.1) is 0 Å². The van der Waals surface area contributed by atoms with Crippen LogP contribution < -0.4 is 10.6 Å². The zero-order valence-corrected chi connectivity index (χ0v) is 8.20. The fraction of sp³-hybridized carbons (Fsp3) is 0.273. The average Bonchev–Trinajstić information content (AvgIpc) is 2.15. The average molecular weight is 176 g/mol. The van der Waals surface area contributed by atoms with E-state index in [2.05, 4.69) is 23.1 Å². The van der Waals surface area contributed by atoms with E-state index in [0.717, 1.165) is 0 Å². The first-order valence-electron chi connectivity index (χ1n) is 4.38. The molecule has 13 heavy (non-hydrogen) atoms. The van der Waals surface area contributed by atoms with E-state index in [1.165, 1.54) is 11.3 Å². The van der Waals surface area contributed by atoms with Crippen LogP contribution in [0.4, 0.5) is 5.69 Å². The first kappa shape index (κ1) is 9.81. The van der Waals surface area contributed by atoms with E-state index >= 15 is 0 Å². The van der Waals surface area contributed by atoms with E-state index in [1.807, 2.05) is 32.3 Å². The van der Waals surface area contributed by atoms with Crippen molar-refractivity contribution in [2.45, 2.75) is 0 Å². The van der Waals surface area contributed by atoms with Crippen LogP contribution in [-0.2, 0) is 0 Å². The van der Waals surface area contributed by atoms with Crippen molar-refractivity contribution in [1.29, 1.82) is 0 Å². The standard InChI is InChI=1S/C11H16N2/c1-13(2)11-7-3-5-10(9-11)6-4-8-12/h3-7,9H,8,12H2,1-2H3. The number of hydrogen-bond donors (Lipinski definition) is 1. The monoisotopic (exact) mass is 176 g/mol. The lowest BCUT2D eigenvalue weighted by atomic mass is 10.2. The number of hydrogen-bond acceptors (Lipinski definition) is 2. The fourth-order valence-electron chi connectivity index (χ4n) is 1.11. The Morgan fingerprint density at radius 2 is 2.15 bits per heavy atom. The van der Waals surface area contributed by atoms with Gasteiger partial charge in [0.15, 0.2) is 0 Å². The quantitative estimate of drug-likeness (QED) is 0.760. The maximum absolute atomic E-state index is 5.38. The molecule has 0 radical (unpaired) electrons. The second-order valence-corrected chi connectivity index (χ2v) is 3.13. The van der Waals surface area contributed by atoms with Gasteiger partial charge in [0.2, 0.25) is 0 Å². The molecule has 0 saturated carbocycles. The van der Waals surface area contributed by atoms with Gasteiger partial charge >= 0.3 is 0 Å². The Morgan fingerprint density at radius 1 is 1.38 bits per heavy atom. The number of nitrogens with zero attached hydrogens (tertiary/aromatic N) is 1. The molecule has 1 rings (SSSR count). The molecule has 0 saturated heterocycles. The van der Waals surface area contributed by atoms with Gasteiger partial charge in [-0.05, 0) is 17.7 Å². The highest BCUT2D eigenvalue weighted by molar-refractivity contribution is 5.57. The molecule has 0 aromatic heterocycles. The molecule has 2 heteroatoms. The molecule has 0 aliphatic carbocycles. The third kappa shape index (κ3) is 2.92. The van der Waals surface area contributed by atoms with Gasteiger partial charge in [-0.3, -0.25) is 0 Å². The molecule has 0 bridgehead atoms. The summed E-state index contributed by atoms with van der Waals surface area (Å²) in [4.78, 5) is 2.08. The molecule has 0 amide bonds. The summed E-state index contributed by atoms with van der Waals surface area (Å²) in [6.45, 7) is 0.589. The van der Waals surface area contributed by atoms with Crippen LogP contribution in [0.3, 0.4) is 0 Å². The highest BCUT2D eigenvalue weighted by atomic mass is 15.1. The Labute approximate surface area is 79.7 Å². The Kier molecular flexibility index (Phi) is 3.53. The van der Waals surface area contributed by atoms with E-state index in [-0.39, 0.29) is 0 Å². The zero-order valence-electron chi connectivity index (χ0n) is 8.20. The summed E-state index contributed by atoms with van der Waals surface area (Å²) in [7, 11) is 4.07. The molecule has 0 unspecified atom stereocenters. The van der Waals surface area contributed by atoms with Crippen molar-refractivity contribution >= 4 is 11.8 Å². The molecular formula is C11H16N2. The van der Waals surface area contributed by atoms with Crippen molar-refractivity contribution in [3.05, 3.63) is 35.9 Å². The zero-order chi connectivity index (χ0) is 9.68. The summed E-state index contributed by atoms with van der Waals surface area (Å²) >= 11 is 0. The lowest BCUT2D eigenvalue weighted by Crippen LogP contribution is -2.08. The molecule has 70 valence electrons. The van der Waals surface area contributed by atoms with Crippen LogP contribution in [0.5, 0.6) is 0 Å². The first-order chi connectivity index (χ1) is 6.24. The topological polar surface area (TPSA) is 29.3 Å². The number of nitrogens with two attached hydrogens (primary N) is 1. The van der Waals surface area contributed by atoms with Crippen LogP contribution in [0, 0.1) is 0 Å². The Hall–Kier alpha value is -1.28. The predicted octanol–water partition coefficient (Wildman–Crippen LogP) is 1.72. The van der Waals surface area contributed by atoms with Gasteiger partial charge in [-0.15, -0.1) is 0 Å². The summed E-state index contributed by atoms with van der Waals surface area (Å²) in [6, 6.07) is 8.33. The minimum Gasteiger partial charge on any atom is -0.378 e. The van der Waals surface area contributed by atoms with Crippen LogP contribution in [0.2, 0.25) is 0 Å². The molecular weight excluding hydrogens is 160 g/mol. The maximum atomic E-state index is 5.38. The van der Waals surface area contributed by atoms with E-state index in [1.54, 1.807) is 0 Å². The van der Waals surface area contributed by atoms with Crippen molar-refractivity contribution in [3.8, 4) is 0 Å². The summed E-state index contributed by atoms with van der Waals surface area (Å²) < 4.78 is 0. The molecule has 0 heterocycles. The third-order valence-corrected chi connectivity index (χ3v) is 1.83. The number of rotatable bonds is 3. The molecule has 0 fully saturated rings. The van der Waals surface area contributed by atoms with E-state index in [4.69, 9.17) is 5.73 Å². The minimum absolute atomic E-state index is 0.589. The van der Waals surface area contributed by atoms with Crippen molar-refractivity contribution in [2.24, 2.45) is 5.73 Å². The molecule has 2 nitrogen and oxygen atoms in total. The van der Waals surface area contributed by atoms with Crippen LogP contribution >= 0.6 is 0 Å². The smallest absolute Gasteiger partial charge is 0.0367 e. The molecule has 0 atom stereocenters. The van der Waals surface area contributed by atoms with Gasteiger partial charge < -0.3 is 10.6 Å². The van der Waals surface area contributed by atoms with Crippen molar-refractivity contribution in [3.63, 3.8) is 0 Å². The number of benzene rings is 1. The van der Waals surface area contributed by atoms with Crippen LogP contribution in [0.25, 0.3) is 6.08 Å². The van der Waals surface area contributed by atoms with Gasteiger partial charge in [-0.1, -0.05) is 24.3 Å². The van der Waals surface area contributed by atoms with Crippen molar-refractivity contribution < 1.29 is 0 Å². The van der Waals surface area contributed by atoms with Crippen LogP contribution in [0.15, 0.2) is 30.3 Å². The molecule has 1 aromatic rings.